The summed E-state index contributed by atoms with van der Waals surface area (Å²) in [7, 11) is 0. The van der Waals surface area contributed by atoms with Gasteiger partial charge in [0.1, 0.15) is 0 Å². The van der Waals surface area contributed by atoms with E-state index in [1.54, 1.807) is 0 Å². The van der Waals surface area contributed by atoms with E-state index in [1.165, 1.54) is 19.3 Å². The maximum absolute atomic E-state index is 11.9. The summed E-state index contributed by atoms with van der Waals surface area (Å²) >= 11 is 0. The summed E-state index contributed by atoms with van der Waals surface area (Å²) < 4.78 is 0. The molecule has 0 radical (unpaired) electrons. The SMILES string of the molecule is CC(C)(CNC(=O)NCc1ccccc1)N1CCCCC1. The molecule has 4 nitrogen and oxygen atoms in total. The molecular weight excluding hydrogens is 262 g/mol. The number of benzene rings is 1. The van der Waals surface area contributed by atoms with Crippen molar-refractivity contribution in [3.8, 4) is 0 Å². The summed E-state index contributed by atoms with van der Waals surface area (Å²) in [6, 6.07) is 9.87. The van der Waals surface area contributed by atoms with Gasteiger partial charge in [-0.05, 0) is 45.3 Å². The van der Waals surface area contributed by atoms with Crippen LogP contribution in [0.25, 0.3) is 0 Å². The number of hydrogen-bond acceptors (Lipinski definition) is 2. The summed E-state index contributed by atoms with van der Waals surface area (Å²) in [6.07, 6.45) is 3.87. The Hall–Kier alpha value is -1.55. The van der Waals surface area contributed by atoms with Crippen molar-refractivity contribution in [2.75, 3.05) is 19.6 Å². The molecule has 1 saturated heterocycles. The molecule has 2 rings (SSSR count). The predicted octanol–water partition coefficient (Wildman–Crippen LogP) is 2.75. The number of rotatable bonds is 5. The molecule has 4 heteroatoms. The molecule has 1 aliphatic heterocycles. The fraction of sp³-hybridized carbons (Fsp3) is 0.588. The van der Waals surface area contributed by atoms with Gasteiger partial charge in [0.2, 0.25) is 0 Å². The maximum atomic E-state index is 11.9. The summed E-state index contributed by atoms with van der Waals surface area (Å²) in [4.78, 5) is 14.4. The van der Waals surface area contributed by atoms with Crippen LogP contribution in [0.2, 0.25) is 0 Å². The summed E-state index contributed by atoms with van der Waals surface area (Å²) in [5.41, 5.74) is 1.13. The quantitative estimate of drug-likeness (QED) is 0.875. The first-order valence-corrected chi connectivity index (χ1v) is 7.89. The maximum Gasteiger partial charge on any atom is 0.315 e. The Bertz CT molecular complexity index is 439. The molecule has 2 N–H and O–H groups in total. The number of amides is 2. The first-order valence-electron chi connectivity index (χ1n) is 7.89. The number of piperidine rings is 1. The minimum absolute atomic E-state index is 0.0184. The van der Waals surface area contributed by atoms with Crippen LogP contribution in [0, 0.1) is 0 Å². The van der Waals surface area contributed by atoms with Crippen LogP contribution in [0.1, 0.15) is 38.7 Å². The first kappa shape index (κ1) is 15.8. The molecule has 2 amide bonds. The Balaban J connectivity index is 1.72. The molecule has 0 aromatic heterocycles. The molecule has 116 valence electrons. The van der Waals surface area contributed by atoms with Crippen LogP contribution in [-0.2, 0) is 6.54 Å². The van der Waals surface area contributed by atoms with E-state index in [4.69, 9.17) is 0 Å². The lowest BCUT2D eigenvalue weighted by Gasteiger charge is -2.41. The highest BCUT2D eigenvalue weighted by Crippen LogP contribution is 2.19. The summed E-state index contributed by atoms with van der Waals surface area (Å²) in [5.74, 6) is 0. The molecule has 21 heavy (non-hydrogen) atoms. The van der Waals surface area contributed by atoms with Crippen molar-refractivity contribution in [2.45, 2.75) is 45.2 Å². The third kappa shape index (κ3) is 5.05. The van der Waals surface area contributed by atoms with Crippen LogP contribution in [0.15, 0.2) is 30.3 Å². The normalized spacial score (nSPS) is 16.5. The van der Waals surface area contributed by atoms with Gasteiger partial charge in [-0.15, -0.1) is 0 Å². The van der Waals surface area contributed by atoms with Crippen LogP contribution in [0.5, 0.6) is 0 Å². The molecule has 0 unspecified atom stereocenters. The molecule has 0 spiro atoms. The van der Waals surface area contributed by atoms with Crippen molar-refractivity contribution < 1.29 is 4.79 Å². The van der Waals surface area contributed by atoms with Crippen LogP contribution < -0.4 is 10.6 Å². The molecule has 1 aromatic carbocycles. The molecule has 1 aliphatic rings. The average Bonchev–Trinajstić information content (AvgIpc) is 2.53. The highest BCUT2D eigenvalue weighted by molar-refractivity contribution is 5.73. The van der Waals surface area contributed by atoms with Crippen LogP contribution >= 0.6 is 0 Å². The smallest absolute Gasteiger partial charge is 0.315 e. The topological polar surface area (TPSA) is 44.4 Å². The third-order valence-electron chi connectivity index (χ3n) is 4.19. The van der Waals surface area contributed by atoms with Gasteiger partial charge in [-0.3, -0.25) is 4.90 Å². The molecule has 1 heterocycles. The Morgan fingerprint density at radius 3 is 2.43 bits per heavy atom. The molecule has 1 fully saturated rings. The van der Waals surface area contributed by atoms with Gasteiger partial charge in [0.25, 0.3) is 0 Å². The second kappa shape index (κ2) is 7.46. The monoisotopic (exact) mass is 289 g/mol. The van der Waals surface area contributed by atoms with E-state index >= 15 is 0 Å². The van der Waals surface area contributed by atoms with Crippen molar-refractivity contribution in [1.29, 1.82) is 0 Å². The van der Waals surface area contributed by atoms with Gasteiger partial charge in [-0.1, -0.05) is 36.8 Å². The summed E-state index contributed by atoms with van der Waals surface area (Å²) in [6.45, 7) is 7.93. The number of carbonyl (C=O) groups excluding carboxylic acids is 1. The highest BCUT2D eigenvalue weighted by Gasteiger charge is 2.28. The van der Waals surface area contributed by atoms with E-state index in [-0.39, 0.29) is 11.6 Å². The summed E-state index contributed by atoms with van der Waals surface area (Å²) in [5, 5.41) is 5.90. The van der Waals surface area contributed by atoms with Crippen LogP contribution in [0.3, 0.4) is 0 Å². The van der Waals surface area contributed by atoms with Gasteiger partial charge in [0.15, 0.2) is 0 Å². The highest BCUT2D eigenvalue weighted by atomic mass is 16.2. The van der Waals surface area contributed by atoms with E-state index in [9.17, 15) is 4.79 Å². The Labute approximate surface area is 127 Å². The molecular formula is C17H27N3O. The molecule has 1 aromatic rings. The lowest BCUT2D eigenvalue weighted by Crippen LogP contribution is -2.54. The number of nitrogens with zero attached hydrogens (tertiary/aromatic N) is 1. The van der Waals surface area contributed by atoms with Crippen molar-refractivity contribution in [2.24, 2.45) is 0 Å². The van der Waals surface area contributed by atoms with Crippen LogP contribution in [-0.4, -0.2) is 36.1 Å². The molecule has 0 atom stereocenters. The third-order valence-corrected chi connectivity index (χ3v) is 4.19. The zero-order valence-corrected chi connectivity index (χ0v) is 13.2. The fourth-order valence-electron chi connectivity index (χ4n) is 2.75. The van der Waals surface area contributed by atoms with Crippen molar-refractivity contribution in [3.05, 3.63) is 35.9 Å². The Morgan fingerprint density at radius 1 is 1.10 bits per heavy atom. The standard InChI is InChI=1S/C17H27N3O/c1-17(2,20-11-7-4-8-12-20)14-19-16(21)18-13-15-9-5-3-6-10-15/h3,5-6,9-10H,4,7-8,11-14H2,1-2H3,(H2,18,19,21). The molecule has 0 bridgehead atoms. The average molecular weight is 289 g/mol. The molecule has 0 saturated carbocycles. The van der Waals surface area contributed by atoms with Gasteiger partial charge in [0, 0.05) is 18.6 Å². The Kier molecular flexibility index (Phi) is 5.62. The zero-order valence-electron chi connectivity index (χ0n) is 13.2. The number of hydrogen-bond donors (Lipinski definition) is 2. The second-order valence-corrected chi connectivity index (χ2v) is 6.38. The minimum atomic E-state index is -0.0936. The number of nitrogens with one attached hydrogen (secondary N) is 2. The van der Waals surface area contributed by atoms with Crippen molar-refractivity contribution in [3.63, 3.8) is 0 Å². The number of likely N-dealkylation sites (tertiary alicyclic amines) is 1. The molecule has 0 aliphatic carbocycles. The van der Waals surface area contributed by atoms with E-state index < -0.39 is 0 Å². The van der Waals surface area contributed by atoms with Crippen LogP contribution in [0.4, 0.5) is 4.79 Å². The van der Waals surface area contributed by atoms with E-state index in [0.717, 1.165) is 18.7 Å². The van der Waals surface area contributed by atoms with Crippen molar-refractivity contribution >= 4 is 6.03 Å². The van der Waals surface area contributed by atoms with Gasteiger partial charge in [-0.2, -0.15) is 0 Å². The van der Waals surface area contributed by atoms with Crippen molar-refractivity contribution in [1.82, 2.24) is 15.5 Å². The van der Waals surface area contributed by atoms with Gasteiger partial charge in [0.05, 0.1) is 0 Å². The van der Waals surface area contributed by atoms with E-state index in [0.29, 0.717) is 13.1 Å². The lowest BCUT2D eigenvalue weighted by molar-refractivity contribution is 0.0960. The van der Waals surface area contributed by atoms with Gasteiger partial charge >= 0.3 is 6.03 Å². The zero-order chi connectivity index (χ0) is 15.1. The largest absolute Gasteiger partial charge is 0.336 e. The lowest BCUT2D eigenvalue weighted by atomic mass is 9.98. The fourth-order valence-corrected chi connectivity index (χ4v) is 2.75. The second-order valence-electron chi connectivity index (χ2n) is 6.38. The minimum Gasteiger partial charge on any atom is -0.336 e. The Morgan fingerprint density at radius 2 is 1.76 bits per heavy atom. The van der Waals surface area contributed by atoms with Gasteiger partial charge < -0.3 is 10.6 Å². The van der Waals surface area contributed by atoms with E-state index in [2.05, 4.69) is 29.4 Å². The van der Waals surface area contributed by atoms with E-state index in [1.807, 2.05) is 30.3 Å². The first-order chi connectivity index (χ1) is 10.1. The predicted molar refractivity (Wildman–Crippen MR) is 86.2 cm³/mol. The number of carbonyl (C=O) groups is 1. The van der Waals surface area contributed by atoms with Gasteiger partial charge in [-0.25, -0.2) is 4.79 Å². The number of urea groups is 1.